The van der Waals surface area contributed by atoms with Crippen LogP contribution >= 0.6 is 0 Å². The Morgan fingerprint density at radius 2 is 1.88 bits per heavy atom. The van der Waals surface area contributed by atoms with Gasteiger partial charge in [-0.2, -0.15) is 0 Å². The second-order valence-electron chi connectivity index (χ2n) is 6.38. The Balaban J connectivity index is 1.78. The molecule has 0 radical (unpaired) electrons. The first kappa shape index (κ1) is 18.6. The van der Waals surface area contributed by atoms with E-state index in [1.54, 1.807) is 7.11 Å². The lowest BCUT2D eigenvalue weighted by Crippen LogP contribution is -2.35. The Bertz CT molecular complexity index is 503. The third-order valence-electron chi connectivity index (χ3n) is 4.62. The monoisotopic (exact) mass is 336 g/mol. The molecule has 1 saturated carbocycles. The predicted molar refractivity (Wildman–Crippen MR) is 91.1 cm³/mol. The molecule has 134 valence electrons. The van der Waals surface area contributed by atoms with Gasteiger partial charge in [0, 0.05) is 0 Å². The van der Waals surface area contributed by atoms with Crippen LogP contribution in [-0.2, 0) is 15.1 Å². The van der Waals surface area contributed by atoms with E-state index in [4.69, 9.17) is 14.2 Å². The minimum atomic E-state index is -0.864. The first-order valence-corrected chi connectivity index (χ1v) is 8.77. The molecule has 0 spiro atoms. The summed E-state index contributed by atoms with van der Waals surface area (Å²) in [6.07, 6.45) is 4.62. The highest BCUT2D eigenvalue weighted by Crippen LogP contribution is 2.38. The van der Waals surface area contributed by atoms with Crippen LogP contribution in [0, 0.1) is 0 Å². The minimum Gasteiger partial charge on any atom is -0.497 e. The van der Waals surface area contributed by atoms with Crippen molar-refractivity contribution >= 4 is 6.16 Å². The Kier molecular flexibility index (Phi) is 6.91. The number of hydrogen-bond donors (Lipinski definition) is 1. The van der Waals surface area contributed by atoms with Crippen molar-refractivity contribution in [2.75, 3.05) is 13.7 Å². The van der Waals surface area contributed by atoms with Crippen molar-refractivity contribution in [1.82, 2.24) is 0 Å². The van der Waals surface area contributed by atoms with E-state index in [-0.39, 0.29) is 6.10 Å². The van der Waals surface area contributed by atoms with Crippen molar-refractivity contribution < 1.29 is 24.1 Å². The van der Waals surface area contributed by atoms with E-state index in [1.165, 1.54) is 0 Å². The number of ether oxygens (including phenoxy) is 3. The van der Waals surface area contributed by atoms with E-state index in [0.717, 1.165) is 30.6 Å². The zero-order valence-electron chi connectivity index (χ0n) is 14.6. The maximum Gasteiger partial charge on any atom is 0.508 e. The fraction of sp³-hybridized carbons (Fsp3) is 0.632. The number of aliphatic hydroxyl groups is 1. The highest BCUT2D eigenvalue weighted by molar-refractivity contribution is 5.60. The van der Waals surface area contributed by atoms with Crippen LogP contribution in [0.25, 0.3) is 0 Å². The van der Waals surface area contributed by atoms with Crippen molar-refractivity contribution in [3.63, 3.8) is 0 Å². The molecule has 2 rings (SSSR count). The molecule has 0 atom stereocenters. The van der Waals surface area contributed by atoms with Gasteiger partial charge < -0.3 is 19.3 Å². The summed E-state index contributed by atoms with van der Waals surface area (Å²) in [6.45, 7) is 2.51. The van der Waals surface area contributed by atoms with Crippen molar-refractivity contribution in [3.05, 3.63) is 29.8 Å². The molecule has 0 aliphatic heterocycles. The molecule has 1 aromatic rings. The summed E-state index contributed by atoms with van der Waals surface area (Å²) in [5, 5.41) is 10.8. The zero-order chi connectivity index (χ0) is 17.4. The number of carbonyl (C=O) groups excluding carboxylic acids is 1. The van der Waals surface area contributed by atoms with E-state index >= 15 is 0 Å². The van der Waals surface area contributed by atoms with Gasteiger partial charge in [-0.3, -0.25) is 0 Å². The van der Waals surface area contributed by atoms with Gasteiger partial charge >= 0.3 is 6.16 Å². The van der Waals surface area contributed by atoms with Crippen LogP contribution < -0.4 is 4.74 Å². The van der Waals surface area contributed by atoms with Crippen molar-refractivity contribution in [2.45, 2.75) is 63.6 Å². The molecule has 0 unspecified atom stereocenters. The molecule has 1 aliphatic carbocycles. The van der Waals surface area contributed by atoms with E-state index in [1.807, 2.05) is 24.3 Å². The molecule has 1 N–H and O–H groups in total. The molecule has 5 nitrogen and oxygen atoms in total. The summed E-state index contributed by atoms with van der Waals surface area (Å²) in [7, 11) is 1.62. The molecule has 1 fully saturated rings. The fourth-order valence-corrected chi connectivity index (χ4v) is 3.05. The molecule has 5 heteroatoms. The lowest BCUT2D eigenvalue weighted by molar-refractivity contribution is -0.0538. The SMILES string of the molecule is CCCCCOC(=O)OC1CCC(O)(c2ccc(OC)cc2)CC1. The second kappa shape index (κ2) is 8.92. The maximum atomic E-state index is 11.7. The van der Waals surface area contributed by atoms with E-state index in [0.29, 0.717) is 32.3 Å². The molecule has 0 bridgehead atoms. The van der Waals surface area contributed by atoms with Crippen LogP contribution in [0.2, 0.25) is 0 Å². The number of methoxy groups -OCH3 is 1. The highest BCUT2D eigenvalue weighted by Gasteiger charge is 2.36. The van der Waals surface area contributed by atoms with Gasteiger partial charge in [-0.05, 0) is 49.8 Å². The first-order valence-electron chi connectivity index (χ1n) is 8.77. The summed E-state index contributed by atoms with van der Waals surface area (Å²) in [6, 6.07) is 7.48. The van der Waals surface area contributed by atoms with Crippen LogP contribution in [0.1, 0.15) is 57.4 Å². The molecule has 24 heavy (non-hydrogen) atoms. The number of rotatable bonds is 7. The van der Waals surface area contributed by atoms with Crippen molar-refractivity contribution in [2.24, 2.45) is 0 Å². The van der Waals surface area contributed by atoms with Crippen molar-refractivity contribution in [3.8, 4) is 5.75 Å². The summed E-state index contributed by atoms with van der Waals surface area (Å²) >= 11 is 0. The van der Waals surface area contributed by atoms with Crippen LogP contribution in [0.5, 0.6) is 5.75 Å². The van der Waals surface area contributed by atoms with Crippen LogP contribution in [-0.4, -0.2) is 31.1 Å². The zero-order valence-corrected chi connectivity index (χ0v) is 14.6. The quantitative estimate of drug-likeness (QED) is 0.598. The number of hydrogen-bond acceptors (Lipinski definition) is 5. The summed E-state index contributed by atoms with van der Waals surface area (Å²) < 4.78 is 15.6. The van der Waals surface area contributed by atoms with Gasteiger partial charge in [0.2, 0.25) is 0 Å². The Hall–Kier alpha value is -1.75. The van der Waals surface area contributed by atoms with Crippen LogP contribution in [0.15, 0.2) is 24.3 Å². The highest BCUT2D eigenvalue weighted by atomic mass is 16.7. The van der Waals surface area contributed by atoms with Gasteiger partial charge in [-0.1, -0.05) is 31.9 Å². The second-order valence-corrected chi connectivity index (χ2v) is 6.38. The van der Waals surface area contributed by atoms with Crippen LogP contribution in [0.4, 0.5) is 4.79 Å². The summed E-state index contributed by atoms with van der Waals surface area (Å²) in [4.78, 5) is 11.7. The lowest BCUT2D eigenvalue weighted by atomic mass is 9.78. The average Bonchev–Trinajstić information content (AvgIpc) is 2.61. The van der Waals surface area contributed by atoms with Gasteiger partial charge in [0.1, 0.15) is 11.9 Å². The molecule has 0 saturated heterocycles. The lowest BCUT2D eigenvalue weighted by Gasteiger charge is -2.36. The standard InChI is InChI=1S/C19H28O5/c1-3-4-5-14-23-18(20)24-17-10-12-19(21,13-11-17)15-6-8-16(22-2)9-7-15/h6-9,17,21H,3-5,10-14H2,1-2H3. The van der Waals surface area contributed by atoms with Gasteiger partial charge in [-0.25, -0.2) is 4.79 Å². The van der Waals surface area contributed by atoms with Gasteiger partial charge in [-0.15, -0.1) is 0 Å². The smallest absolute Gasteiger partial charge is 0.497 e. The molecular formula is C19H28O5. The van der Waals surface area contributed by atoms with Gasteiger partial charge in [0.05, 0.1) is 19.3 Å². The summed E-state index contributed by atoms with van der Waals surface area (Å²) in [5.74, 6) is 0.769. The molecular weight excluding hydrogens is 308 g/mol. The average molecular weight is 336 g/mol. The number of benzene rings is 1. The van der Waals surface area contributed by atoms with Gasteiger partial charge in [0.15, 0.2) is 0 Å². The van der Waals surface area contributed by atoms with E-state index in [9.17, 15) is 9.90 Å². The Morgan fingerprint density at radius 3 is 2.46 bits per heavy atom. The third-order valence-corrected chi connectivity index (χ3v) is 4.62. The first-order chi connectivity index (χ1) is 11.6. The number of carbonyl (C=O) groups is 1. The normalized spacial score (nSPS) is 23.5. The minimum absolute atomic E-state index is 0.179. The van der Waals surface area contributed by atoms with Crippen molar-refractivity contribution in [1.29, 1.82) is 0 Å². The predicted octanol–water partition coefficient (Wildman–Crippen LogP) is 4.17. The molecule has 0 aromatic heterocycles. The Morgan fingerprint density at radius 1 is 1.21 bits per heavy atom. The topological polar surface area (TPSA) is 65.0 Å². The molecule has 1 aliphatic rings. The Labute approximate surface area is 143 Å². The van der Waals surface area contributed by atoms with Crippen LogP contribution in [0.3, 0.4) is 0 Å². The van der Waals surface area contributed by atoms with Gasteiger partial charge in [0.25, 0.3) is 0 Å². The van der Waals surface area contributed by atoms with E-state index in [2.05, 4.69) is 6.92 Å². The van der Waals surface area contributed by atoms with E-state index < -0.39 is 11.8 Å². The number of unbranched alkanes of at least 4 members (excludes halogenated alkanes) is 2. The summed E-state index contributed by atoms with van der Waals surface area (Å²) in [5.41, 5.74) is 0.0147. The molecule has 0 heterocycles. The maximum absolute atomic E-state index is 11.7. The third kappa shape index (κ3) is 5.13. The molecule has 0 amide bonds. The fourth-order valence-electron chi connectivity index (χ4n) is 3.05. The molecule has 1 aromatic carbocycles. The largest absolute Gasteiger partial charge is 0.508 e.